The molecule has 1 aliphatic rings. The van der Waals surface area contributed by atoms with Gasteiger partial charge in [-0.3, -0.25) is 9.59 Å². The van der Waals surface area contributed by atoms with Crippen molar-refractivity contribution in [2.75, 3.05) is 30.8 Å². The number of hydrogen-bond donors (Lipinski definition) is 2. The zero-order chi connectivity index (χ0) is 17.8. The van der Waals surface area contributed by atoms with Crippen LogP contribution in [0.2, 0.25) is 0 Å². The Morgan fingerprint density at radius 2 is 1.52 bits per heavy atom. The third kappa shape index (κ3) is 4.25. The molecule has 0 saturated carbocycles. The number of amides is 2. The van der Waals surface area contributed by atoms with E-state index in [1.165, 1.54) is 12.5 Å². The number of carbonyl (C=O) groups is 2. The number of carbonyl (C=O) groups excluding carboxylic acids is 2. The maximum Gasteiger partial charge on any atom is 0.229 e. The molecular weight excluding hydrogens is 314 g/mol. The molecule has 1 heterocycles. The lowest BCUT2D eigenvalue weighted by molar-refractivity contribution is -0.120. The Morgan fingerprint density at radius 1 is 0.920 bits per heavy atom. The molecule has 5 heteroatoms. The molecule has 0 aromatic heterocycles. The quantitative estimate of drug-likeness (QED) is 0.902. The summed E-state index contributed by atoms with van der Waals surface area (Å²) in [6, 6.07) is 17.4. The first-order valence-electron chi connectivity index (χ1n) is 8.45. The van der Waals surface area contributed by atoms with Gasteiger partial charge in [0.2, 0.25) is 11.8 Å². The Morgan fingerprint density at radius 3 is 2.12 bits per heavy atom. The Kier molecular flexibility index (Phi) is 5.14. The molecule has 5 nitrogen and oxygen atoms in total. The van der Waals surface area contributed by atoms with Crippen molar-refractivity contribution in [1.29, 1.82) is 0 Å². The highest BCUT2D eigenvalue weighted by molar-refractivity contribution is 5.94. The number of nitrogens with one attached hydrogen (secondary N) is 2. The molecule has 2 atom stereocenters. The minimum absolute atomic E-state index is 0.0329. The summed E-state index contributed by atoms with van der Waals surface area (Å²) in [6.07, 6.45) is 0. The van der Waals surface area contributed by atoms with Crippen LogP contribution in [0.5, 0.6) is 0 Å². The van der Waals surface area contributed by atoms with Gasteiger partial charge < -0.3 is 15.5 Å². The van der Waals surface area contributed by atoms with Gasteiger partial charge in [-0.15, -0.1) is 0 Å². The minimum Gasteiger partial charge on any atom is -0.326 e. The topological polar surface area (TPSA) is 61.4 Å². The lowest BCUT2D eigenvalue weighted by Gasteiger charge is -2.18. The first kappa shape index (κ1) is 17.2. The molecule has 0 unspecified atom stereocenters. The summed E-state index contributed by atoms with van der Waals surface area (Å²) in [5, 5.41) is 5.72. The summed E-state index contributed by atoms with van der Waals surface area (Å²) >= 11 is 0. The van der Waals surface area contributed by atoms with Crippen molar-refractivity contribution in [3.63, 3.8) is 0 Å². The minimum atomic E-state index is -0.114. The molecule has 0 bridgehead atoms. The second kappa shape index (κ2) is 7.49. The van der Waals surface area contributed by atoms with Crippen molar-refractivity contribution in [1.82, 2.24) is 4.90 Å². The summed E-state index contributed by atoms with van der Waals surface area (Å²) < 4.78 is 0. The van der Waals surface area contributed by atoms with Crippen molar-refractivity contribution in [3.8, 4) is 0 Å². The van der Waals surface area contributed by atoms with E-state index in [0.717, 1.165) is 18.8 Å². The molecule has 2 aromatic rings. The third-order valence-corrected chi connectivity index (χ3v) is 4.54. The number of rotatable bonds is 4. The van der Waals surface area contributed by atoms with Crippen molar-refractivity contribution in [2.45, 2.75) is 12.8 Å². The first-order valence-corrected chi connectivity index (χ1v) is 8.45. The molecule has 1 aliphatic heterocycles. The van der Waals surface area contributed by atoms with E-state index in [-0.39, 0.29) is 23.7 Å². The molecule has 0 spiro atoms. The Hall–Kier alpha value is -2.66. The molecule has 130 valence electrons. The zero-order valence-corrected chi connectivity index (χ0v) is 14.5. The van der Waals surface area contributed by atoms with Crippen molar-refractivity contribution < 1.29 is 9.59 Å². The van der Waals surface area contributed by atoms with E-state index < -0.39 is 0 Å². The third-order valence-electron chi connectivity index (χ3n) is 4.54. The summed E-state index contributed by atoms with van der Waals surface area (Å²) in [5.74, 6) is 0.0363. The normalized spacial score (nSPS) is 20.2. The SMILES string of the molecule is CC(=O)Nc1ccc(NC(=O)[C@H]2CN(C)C[C@@H]2c2ccccc2)cc1. The van der Waals surface area contributed by atoms with E-state index in [1.807, 2.05) is 25.2 Å². The summed E-state index contributed by atoms with van der Waals surface area (Å²) in [5.41, 5.74) is 2.65. The van der Waals surface area contributed by atoms with Crippen molar-refractivity contribution in [3.05, 3.63) is 60.2 Å². The van der Waals surface area contributed by atoms with Crippen LogP contribution in [0.1, 0.15) is 18.4 Å². The number of likely N-dealkylation sites (N-methyl/N-ethyl adjacent to an activating group) is 1. The predicted octanol–water partition coefficient (Wildman–Crippen LogP) is 2.93. The van der Waals surface area contributed by atoms with E-state index in [2.05, 4.69) is 27.7 Å². The van der Waals surface area contributed by atoms with Crippen LogP contribution in [0.4, 0.5) is 11.4 Å². The van der Waals surface area contributed by atoms with Crippen LogP contribution in [-0.2, 0) is 9.59 Å². The number of nitrogens with zero attached hydrogens (tertiary/aromatic N) is 1. The van der Waals surface area contributed by atoms with Gasteiger partial charge in [0.25, 0.3) is 0 Å². The molecule has 0 radical (unpaired) electrons. The van der Waals surface area contributed by atoms with Gasteiger partial charge in [-0.25, -0.2) is 0 Å². The van der Waals surface area contributed by atoms with E-state index in [1.54, 1.807) is 24.3 Å². The van der Waals surface area contributed by atoms with Crippen LogP contribution in [-0.4, -0.2) is 36.9 Å². The van der Waals surface area contributed by atoms with Gasteiger partial charge in [-0.1, -0.05) is 30.3 Å². The fourth-order valence-electron chi connectivity index (χ4n) is 3.38. The number of anilines is 2. The predicted molar refractivity (Wildman–Crippen MR) is 99.5 cm³/mol. The molecule has 1 saturated heterocycles. The average Bonchev–Trinajstić information content (AvgIpc) is 2.99. The lowest BCUT2D eigenvalue weighted by Crippen LogP contribution is -2.28. The van der Waals surface area contributed by atoms with Crippen LogP contribution in [0.15, 0.2) is 54.6 Å². The largest absolute Gasteiger partial charge is 0.326 e. The maximum atomic E-state index is 12.8. The van der Waals surface area contributed by atoms with Crippen molar-refractivity contribution >= 4 is 23.2 Å². The molecular formula is C20H23N3O2. The Balaban J connectivity index is 1.70. The van der Waals surface area contributed by atoms with Crippen LogP contribution in [0, 0.1) is 5.92 Å². The number of hydrogen-bond acceptors (Lipinski definition) is 3. The fourth-order valence-corrected chi connectivity index (χ4v) is 3.38. The summed E-state index contributed by atoms with van der Waals surface area (Å²) in [7, 11) is 2.05. The molecule has 2 aromatic carbocycles. The molecule has 2 amide bonds. The van der Waals surface area contributed by atoms with E-state index >= 15 is 0 Å². The van der Waals surface area contributed by atoms with Gasteiger partial charge in [-0.05, 0) is 36.9 Å². The second-order valence-electron chi connectivity index (χ2n) is 6.59. The molecule has 25 heavy (non-hydrogen) atoms. The Bertz CT molecular complexity index is 743. The molecule has 0 aliphatic carbocycles. The first-order chi connectivity index (χ1) is 12.0. The Labute approximate surface area is 148 Å². The molecule has 3 rings (SSSR count). The number of likely N-dealkylation sites (tertiary alicyclic amines) is 1. The van der Waals surface area contributed by atoms with Crippen LogP contribution < -0.4 is 10.6 Å². The van der Waals surface area contributed by atoms with Gasteiger partial charge in [0.05, 0.1) is 5.92 Å². The van der Waals surface area contributed by atoms with E-state index in [0.29, 0.717) is 5.69 Å². The van der Waals surface area contributed by atoms with Gasteiger partial charge >= 0.3 is 0 Å². The van der Waals surface area contributed by atoms with Crippen LogP contribution in [0.25, 0.3) is 0 Å². The molecule has 2 N–H and O–H groups in total. The second-order valence-corrected chi connectivity index (χ2v) is 6.59. The summed E-state index contributed by atoms with van der Waals surface area (Å²) in [6.45, 7) is 3.09. The van der Waals surface area contributed by atoms with E-state index in [4.69, 9.17) is 0 Å². The van der Waals surface area contributed by atoms with Gasteiger partial charge in [0.15, 0.2) is 0 Å². The highest BCUT2D eigenvalue weighted by atomic mass is 16.2. The lowest BCUT2D eigenvalue weighted by atomic mass is 9.88. The summed E-state index contributed by atoms with van der Waals surface area (Å²) in [4.78, 5) is 26.1. The van der Waals surface area contributed by atoms with E-state index in [9.17, 15) is 9.59 Å². The maximum absolute atomic E-state index is 12.8. The zero-order valence-electron chi connectivity index (χ0n) is 14.5. The average molecular weight is 337 g/mol. The monoisotopic (exact) mass is 337 g/mol. The van der Waals surface area contributed by atoms with Gasteiger partial charge in [-0.2, -0.15) is 0 Å². The smallest absolute Gasteiger partial charge is 0.229 e. The fraction of sp³-hybridized carbons (Fsp3) is 0.300. The van der Waals surface area contributed by atoms with Gasteiger partial charge in [0, 0.05) is 37.3 Å². The van der Waals surface area contributed by atoms with Crippen LogP contribution in [0.3, 0.4) is 0 Å². The molecule has 1 fully saturated rings. The highest BCUT2D eigenvalue weighted by Gasteiger charge is 2.36. The standard InChI is InChI=1S/C20H23N3O2/c1-14(24)21-16-8-10-17(11-9-16)22-20(25)19-13-23(2)12-18(19)15-6-4-3-5-7-15/h3-11,18-19H,12-13H2,1-2H3,(H,21,24)(H,22,25)/t18-,19+/m1/s1. The number of benzene rings is 2. The highest BCUT2D eigenvalue weighted by Crippen LogP contribution is 2.32. The van der Waals surface area contributed by atoms with Crippen molar-refractivity contribution in [2.24, 2.45) is 5.92 Å². The van der Waals surface area contributed by atoms with Gasteiger partial charge in [0.1, 0.15) is 0 Å². The van der Waals surface area contributed by atoms with Crippen LogP contribution >= 0.6 is 0 Å².